The Kier molecular flexibility index (Phi) is 5.41. The third kappa shape index (κ3) is 3.55. The van der Waals surface area contributed by atoms with Crippen molar-refractivity contribution in [3.63, 3.8) is 0 Å². The van der Waals surface area contributed by atoms with Crippen LogP contribution in [0.2, 0.25) is 0 Å². The molecule has 2 amide bonds. The topological polar surface area (TPSA) is 37.4 Å². The zero-order valence-electron chi connectivity index (χ0n) is 6.33. The van der Waals surface area contributed by atoms with E-state index < -0.39 is 11.8 Å². The van der Waals surface area contributed by atoms with Crippen molar-refractivity contribution in [1.82, 2.24) is 4.90 Å². The molecule has 0 unspecified atom stereocenters. The normalized spacial score (nSPS) is 10.9. The summed E-state index contributed by atoms with van der Waals surface area (Å²) in [6.07, 6.45) is 2.14. The van der Waals surface area contributed by atoms with Crippen LogP contribution in [0.25, 0.3) is 0 Å². The molecule has 0 atom stereocenters. The standard InChI is InChI=1S/C7H7Cl2NO2/c1-10(6(11)2-4-8)7(12)3-5-9/h2-5H,1H3/b4-2+,5-3+. The predicted octanol–water partition coefficient (Wildman–Crippen LogP) is 1.48. The van der Waals surface area contributed by atoms with Crippen molar-refractivity contribution in [1.29, 1.82) is 0 Å². The lowest BCUT2D eigenvalue weighted by Crippen LogP contribution is -2.30. The molecule has 5 heteroatoms. The van der Waals surface area contributed by atoms with E-state index in [1.54, 1.807) is 0 Å². The molecule has 0 fully saturated rings. The van der Waals surface area contributed by atoms with Crippen molar-refractivity contribution in [3.8, 4) is 0 Å². The van der Waals surface area contributed by atoms with E-state index in [-0.39, 0.29) is 0 Å². The van der Waals surface area contributed by atoms with Crippen molar-refractivity contribution >= 4 is 35.0 Å². The highest BCUT2D eigenvalue weighted by atomic mass is 35.5. The molecule has 0 heterocycles. The molecule has 0 aliphatic heterocycles. The highest BCUT2D eigenvalue weighted by Crippen LogP contribution is 1.92. The van der Waals surface area contributed by atoms with Crippen LogP contribution in [0, 0.1) is 0 Å². The van der Waals surface area contributed by atoms with Crippen LogP contribution in [0.5, 0.6) is 0 Å². The minimum atomic E-state index is -0.496. The molecule has 0 aliphatic carbocycles. The number of halogens is 2. The maximum absolute atomic E-state index is 10.9. The summed E-state index contributed by atoms with van der Waals surface area (Å²) < 4.78 is 0. The lowest BCUT2D eigenvalue weighted by molar-refractivity contribution is -0.137. The molecular formula is C7H7Cl2NO2. The van der Waals surface area contributed by atoms with Gasteiger partial charge in [0.05, 0.1) is 0 Å². The fourth-order valence-electron chi connectivity index (χ4n) is 0.440. The van der Waals surface area contributed by atoms with E-state index in [1.165, 1.54) is 7.05 Å². The van der Waals surface area contributed by atoms with Gasteiger partial charge in [-0.25, -0.2) is 0 Å². The van der Waals surface area contributed by atoms with Gasteiger partial charge in [-0.3, -0.25) is 14.5 Å². The molecule has 0 rings (SSSR count). The Bertz CT molecular complexity index is 212. The Morgan fingerprint density at radius 1 is 1.08 bits per heavy atom. The number of rotatable bonds is 2. The fraction of sp³-hybridized carbons (Fsp3) is 0.143. The Labute approximate surface area is 80.2 Å². The van der Waals surface area contributed by atoms with Gasteiger partial charge in [0.15, 0.2) is 0 Å². The molecule has 0 N–H and O–H groups in total. The van der Waals surface area contributed by atoms with Gasteiger partial charge in [-0.15, -0.1) is 0 Å². The molecule has 0 saturated carbocycles. The summed E-state index contributed by atoms with van der Waals surface area (Å²) in [5.74, 6) is -0.991. The Morgan fingerprint density at radius 3 is 1.67 bits per heavy atom. The summed E-state index contributed by atoms with van der Waals surface area (Å²) in [7, 11) is 1.33. The average Bonchev–Trinajstić information content (AvgIpc) is 2.04. The van der Waals surface area contributed by atoms with Crippen LogP contribution in [-0.4, -0.2) is 23.8 Å². The van der Waals surface area contributed by atoms with Gasteiger partial charge in [0, 0.05) is 30.3 Å². The lowest BCUT2D eigenvalue weighted by Gasteiger charge is -2.08. The van der Waals surface area contributed by atoms with Crippen molar-refractivity contribution in [3.05, 3.63) is 23.2 Å². The van der Waals surface area contributed by atoms with Crippen LogP contribution in [-0.2, 0) is 9.59 Å². The minimum Gasteiger partial charge on any atom is -0.279 e. The highest BCUT2D eigenvalue weighted by Gasteiger charge is 2.10. The van der Waals surface area contributed by atoms with Crippen LogP contribution >= 0.6 is 23.2 Å². The maximum Gasteiger partial charge on any atom is 0.254 e. The molecule has 12 heavy (non-hydrogen) atoms. The van der Waals surface area contributed by atoms with Crippen molar-refractivity contribution in [2.45, 2.75) is 0 Å². The second-order valence-corrected chi connectivity index (χ2v) is 2.32. The first-order valence-electron chi connectivity index (χ1n) is 2.98. The number of hydrogen-bond donors (Lipinski definition) is 0. The number of amides is 2. The van der Waals surface area contributed by atoms with Crippen LogP contribution in [0.1, 0.15) is 0 Å². The van der Waals surface area contributed by atoms with E-state index in [1.807, 2.05) is 0 Å². The SMILES string of the molecule is CN(C(=O)/C=C/Cl)C(=O)/C=C/Cl. The monoisotopic (exact) mass is 207 g/mol. The quantitative estimate of drug-likeness (QED) is 0.644. The third-order valence-electron chi connectivity index (χ3n) is 1.07. The zero-order chi connectivity index (χ0) is 9.56. The largest absolute Gasteiger partial charge is 0.279 e. The summed E-state index contributed by atoms with van der Waals surface area (Å²) >= 11 is 10.3. The van der Waals surface area contributed by atoms with E-state index in [0.29, 0.717) is 0 Å². The lowest BCUT2D eigenvalue weighted by atomic mass is 10.4. The van der Waals surface area contributed by atoms with Gasteiger partial charge in [-0.05, 0) is 0 Å². The summed E-state index contributed by atoms with van der Waals surface area (Å²) in [5.41, 5.74) is 2.08. The molecule has 0 bridgehead atoms. The smallest absolute Gasteiger partial charge is 0.254 e. The molecule has 0 aromatic rings. The number of carbonyl (C=O) groups excluding carboxylic acids is 2. The second kappa shape index (κ2) is 5.80. The van der Waals surface area contributed by atoms with Crippen LogP contribution in [0.3, 0.4) is 0 Å². The van der Waals surface area contributed by atoms with Crippen LogP contribution < -0.4 is 0 Å². The van der Waals surface area contributed by atoms with E-state index in [0.717, 1.165) is 28.1 Å². The number of carbonyl (C=O) groups is 2. The number of imide groups is 1. The molecule has 0 saturated heterocycles. The third-order valence-corrected chi connectivity index (χ3v) is 1.32. The Balaban J connectivity index is 4.28. The van der Waals surface area contributed by atoms with Gasteiger partial charge >= 0.3 is 0 Å². The fourth-order valence-corrected chi connectivity index (χ4v) is 0.656. The molecule has 0 aromatic carbocycles. The van der Waals surface area contributed by atoms with E-state index in [2.05, 4.69) is 0 Å². The summed E-state index contributed by atoms with van der Waals surface area (Å²) in [5, 5.41) is 0. The first-order chi connectivity index (χ1) is 5.63. The zero-order valence-corrected chi connectivity index (χ0v) is 7.84. The van der Waals surface area contributed by atoms with Gasteiger partial charge in [-0.2, -0.15) is 0 Å². The average molecular weight is 208 g/mol. The van der Waals surface area contributed by atoms with Gasteiger partial charge in [0.1, 0.15) is 0 Å². The molecule has 0 aromatic heterocycles. The van der Waals surface area contributed by atoms with Crippen molar-refractivity contribution in [2.24, 2.45) is 0 Å². The van der Waals surface area contributed by atoms with E-state index >= 15 is 0 Å². The Hall–Kier alpha value is -0.800. The summed E-state index contributed by atoms with van der Waals surface area (Å²) in [4.78, 5) is 22.7. The molecule has 0 spiro atoms. The second-order valence-electron chi connectivity index (χ2n) is 1.82. The number of nitrogens with zero attached hydrogens (tertiary/aromatic N) is 1. The highest BCUT2D eigenvalue weighted by molar-refractivity contribution is 6.28. The van der Waals surface area contributed by atoms with Crippen LogP contribution in [0.4, 0.5) is 0 Å². The van der Waals surface area contributed by atoms with Gasteiger partial charge in [0.2, 0.25) is 0 Å². The van der Waals surface area contributed by atoms with Gasteiger partial charge < -0.3 is 0 Å². The molecule has 66 valence electrons. The predicted molar refractivity (Wildman–Crippen MR) is 47.8 cm³/mol. The molecular weight excluding hydrogens is 201 g/mol. The minimum absolute atomic E-state index is 0.496. The summed E-state index contributed by atoms with van der Waals surface area (Å²) in [6.45, 7) is 0. The van der Waals surface area contributed by atoms with Crippen molar-refractivity contribution in [2.75, 3.05) is 7.05 Å². The number of hydrogen-bond acceptors (Lipinski definition) is 2. The number of likely N-dealkylation sites (N-methyl/N-ethyl adjacent to an activating group) is 1. The van der Waals surface area contributed by atoms with Gasteiger partial charge in [-0.1, -0.05) is 23.2 Å². The van der Waals surface area contributed by atoms with Crippen LogP contribution in [0.15, 0.2) is 23.2 Å². The summed E-state index contributed by atoms with van der Waals surface area (Å²) in [6, 6.07) is 0. The van der Waals surface area contributed by atoms with E-state index in [9.17, 15) is 9.59 Å². The van der Waals surface area contributed by atoms with Crippen molar-refractivity contribution < 1.29 is 9.59 Å². The molecule has 3 nitrogen and oxygen atoms in total. The van der Waals surface area contributed by atoms with Gasteiger partial charge in [0.25, 0.3) is 11.8 Å². The maximum atomic E-state index is 10.9. The molecule has 0 aliphatic rings. The van der Waals surface area contributed by atoms with E-state index in [4.69, 9.17) is 23.2 Å². The first-order valence-corrected chi connectivity index (χ1v) is 3.86. The Morgan fingerprint density at radius 2 is 1.42 bits per heavy atom. The molecule has 0 radical (unpaired) electrons. The first kappa shape index (κ1) is 11.2.